The Labute approximate surface area is 147 Å². The van der Waals surface area contributed by atoms with Gasteiger partial charge >= 0.3 is 6.09 Å². The van der Waals surface area contributed by atoms with Crippen LogP contribution in [0.5, 0.6) is 0 Å². The molecule has 0 saturated heterocycles. The molecule has 0 aromatic carbocycles. The van der Waals surface area contributed by atoms with E-state index in [1.54, 1.807) is 12.0 Å². The summed E-state index contributed by atoms with van der Waals surface area (Å²) in [5, 5.41) is 5.43. The van der Waals surface area contributed by atoms with Crippen LogP contribution in [0.25, 0.3) is 0 Å². The van der Waals surface area contributed by atoms with E-state index in [1.807, 2.05) is 32.2 Å². The zero-order valence-electron chi connectivity index (χ0n) is 14.5. The molecule has 1 heterocycles. The predicted molar refractivity (Wildman–Crippen MR) is 95.4 cm³/mol. The molecule has 1 N–H and O–H groups in total. The maximum absolute atomic E-state index is 12.2. The van der Waals surface area contributed by atoms with E-state index in [0.717, 1.165) is 9.90 Å². The Kier molecular flexibility index (Phi) is 8.33. The second-order valence-electron chi connectivity index (χ2n) is 6.32. The number of carbonyl (C=O) groups excluding carboxylic acids is 1. The van der Waals surface area contributed by atoms with Crippen LogP contribution in [-0.2, 0) is 9.47 Å². The Morgan fingerprint density at radius 2 is 2.13 bits per heavy atom. The number of ether oxygens (including phenoxy) is 2. The number of methoxy groups -OCH3 is 1. The lowest BCUT2D eigenvalue weighted by Gasteiger charge is -2.27. The Morgan fingerprint density at radius 3 is 2.65 bits per heavy atom. The van der Waals surface area contributed by atoms with Gasteiger partial charge in [-0.05, 0) is 44.7 Å². The van der Waals surface area contributed by atoms with Crippen LogP contribution in [0, 0.1) is 0 Å². The monoisotopic (exact) mass is 362 g/mol. The summed E-state index contributed by atoms with van der Waals surface area (Å²) < 4.78 is 11.3. The fraction of sp³-hybridized carbons (Fsp3) is 0.688. The van der Waals surface area contributed by atoms with Crippen LogP contribution in [0.4, 0.5) is 4.79 Å². The number of thiophene rings is 1. The zero-order chi connectivity index (χ0) is 17.5. The van der Waals surface area contributed by atoms with Crippen LogP contribution in [-0.4, -0.2) is 49.9 Å². The Bertz CT molecular complexity index is 488. The Morgan fingerprint density at radius 1 is 1.43 bits per heavy atom. The fourth-order valence-electron chi connectivity index (χ4n) is 1.91. The van der Waals surface area contributed by atoms with Gasteiger partial charge in [0.15, 0.2) is 0 Å². The van der Waals surface area contributed by atoms with Gasteiger partial charge in [0.2, 0.25) is 0 Å². The molecule has 7 heteroatoms. The van der Waals surface area contributed by atoms with E-state index in [-0.39, 0.29) is 12.1 Å². The molecule has 1 unspecified atom stereocenters. The molecule has 0 spiro atoms. The molecular weight excluding hydrogens is 336 g/mol. The number of rotatable bonds is 8. The van der Waals surface area contributed by atoms with Crippen LogP contribution in [0.1, 0.15) is 39.3 Å². The third-order valence-corrected chi connectivity index (χ3v) is 4.25. The molecule has 5 nitrogen and oxygen atoms in total. The van der Waals surface area contributed by atoms with Crippen molar-refractivity contribution < 1.29 is 14.3 Å². The first-order valence-electron chi connectivity index (χ1n) is 7.67. The molecule has 1 atom stereocenters. The Balaban J connectivity index is 2.48. The van der Waals surface area contributed by atoms with Crippen molar-refractivity contribution in [3.8, 4) is 0 Å². The average Bonchev–Trinajstić information content (AvgIpc) is 2.87. The van der Waals surface area contributed by atoms with Gasteiger partial charge in [0.05, 0.1) is 10.9 Å². The first kappa shape index (κ1) is 20.2. The number of hydrogen-bond donors (Lipinski definition) is 1. The minimum absolute atomic E-state index is 0.182. The SMILES string of the molecule is COCCN(CCNC(C)c1csc(Cl)c1)C(=O)OC(C)(C)C. The first-order chi connectivity index (χ1) is 10.7. The lowest BCUT2D eigenvalue weighted by atomic mass is 10.2. The van der Waals surface area contributed by atoms with Gasteiger partial charge in [-0.1, -0.05) is 11.6 Å². The van der Waals surface area contributed by atoms with Crippen LogP contribution >= 0.6 is 22.9 Å². The summed E-state index contributed by atoms with van der Waals surface area (Å²) in [4.78, 5) is 13.9. The largest absolute Gasteiger partial charge is 0.444 e. The van der Waals surface area contributed by atoms with Crippen LogP contribution < -0.4 is 5.32 Å². The quantitative estimate of drug-likeness (QED) is 0.761. The van der Waals surface area contributed by atoms with Crippen molar-refractivity contribution in [1.29, 1.82) is 0 Å². The van der Waals surface area contributed by atoms with Gasteiger partial charge in [-0.3, -0.25) is 0 Å². The third-order valence-electron chi connectivity index (χ3n) is 3.14. The van der Waals surface area contributed by atoms with Gasteiger partial charge in [0.1, 0.15) is 5.60 Å². The summed E-state index contributed by atoms with van der Waals surface area (Å²) in [6, 6.07) is 2.14. The van der Waals surface area contributed by atoms with E-state index in [4.69, 9.17) is 21.1 Å². The molecule has 1 aromatic heterocycles. The number of nitrogens with one attached hydrogen (secondary N) is 1. The van der Waals surface area contributed by atoms with Gasteiger partial charge in [-0.15, -0.1) is 11.3 Å². The van der Waals surface area contributed by atoms with Crippen molar-refractivity contribution >= 4 is 29.0 Å². The van der Waals surface area contributed by atoms with Gasteiger partial charge in [-0.25, -0.2) is 4.79 Å². The third kappa shape index (κ3) is 8.01. The minimum Gasteiger partial charge on any atom is -0.444 e. The normalized spacial score (nSPS) is 13.0. The molecule has 1 amide bonds. The second kappa shape index (κ2) is 9.47. The average molecular weight is 363 g/mol. The van der Waals surface area contributed by atoms with Crippen molar-refractivity contribution in [3.63, 3.8) is 0 Å². The minimum atomic E-state index is -0.503. The van der Waals surface area contributed by atoms with E-state index < -0.39 is 5.60 Å². The molecule has 1 rings (SSSR count). The molecule has 23 heavy (non-hydrogen) atoms. The summed E-state index contributed by atoms with van der Waals surface area (Å²) >= 11 is 7.48. The fourth-order valence-corrected chi connectivity index (χ4v) is 2.89. The van der Waals surface area contributed by atoms with Crippen molar-refractivity contribution in [3.05, 3.63) is 21.3 Å². The number of nitrogens with zero attached hydrogens (tertiary/aromatic N) is 1. The molecule has 132 valence electrons. The summed E-state index contributed by atoms with van der Waals surface area (Å²) in [6.45, 7) is 9.87. The summed E-state index contributed by atoms with van der Waals surface area (Å²) in [5.74, 6) is 0. The topological polar surface area (TPSA) is 50.8 Å². The van der Waals surface area contributed by atoms with Crippen molar-refractivity contribution in [1.82, 2.24) is 10.2 Å². The van der Waals surface area contributed by atoms with Gasteiger partial charge < -0.3 is 19.7 Å². The second-order valence-corrected chi connectivity index (χ2v) is 7.86. The molecule has 0 fully saturated rings. The maximum Gasteiger partial charge on any atom is 0.410 e. The molecule has 0 radical (unpaired) electrons. The van der Waals surface area contributed by atoms with E-state index in [1.165, 1.54) is 11.3 Å². The lowest BCUT2D eigenvalue weighted by Crippen LogP contribution is -2.42. The molecule has 0 bridgehead atoms. The van der Waals surface area contributed by atoms with E-state index in [9.17, 15) is 4.79 Å². The van der Waals surface area contributed by atoms with Crippen LogP contribution in [0.2, 0.25) is 4.34 Å². The maximum atomic E-state index is 12.2. The number of amides is 1. The standard InChI is InChI=1S/C16H27ClN2O3S/c1-12(13-10-14(17)23-11-13)18-6-7-19(8-9-21-5)15(20)22-16(2,3)4/h10-12,18H,6-9H2,1-5H3. The number of carbonyl (C=O) groups is 1. The first-order valence-corrected chi connectivity index (χ1v) is 8.93. The zero-order valence-corrected chi connectivity index (χ0v) is 16.1. The lowest BCUT2D eigenvalue weighted by molar-refractivity contribution is 0.0203. The Hall–Kier alpha value is -0.820. The van der Waals surface area contributed by atoms with E-state index in [2.05, 4.69) is 12.2 Å². The number of hydrogen-bond acceptors (Lipinski definition) is 5. The van der Waals surface area contributed by atoms with Gasteiger partial charge in [-0.2, -0.15) is 0 Å². The highest BCUT2D eigenvalue weighted by molar-refractivity contribution is 7.14. The van der Waals surface area contributed by atoms with E-state index >= 15 is 0 Å². The summed E-state index contributed by atoms with van der Waals surface area (Å²) in [5.41, 5.74) is 0.650. The highest BCUT2D eigenvalue weighted by Gasteiger charge is 2.21. The van der Waals surface area contributed by atoms with Crippen LogP contribution in [0.3, 0.4) is 0 Å². The molecule has 1 aromatic rings. The molecule has 0 aliphatic carbocycles. The van der Waals surface area contributed by atoms with Crippen molar-refractivity contribution in [2.75, 3.05) is 33.4 Å². The van der Waals surface area contributed by atoms with Crippen molar-refractivity contribution in [2.24, 2.45) is 0 Å². The van der Waals surface area contributed by atoms with E-state index in [0.29, 0.717) is 26.2 Å². The molecular formula is C16H27ClN2O3S. The summed E-state index contributed by atoms with van der Waals surface area (Å²) in [7, 11) is 1.62. The highest BCUT2D eigenvalue weighted by atomic mass is 35.5. The molecule has 0 aliphatic heterocycles. The smallest absolute Gasteiger partial charge is 0.410 e. The van der Waals surface area contributed by atoms with Gasteiger partial charge in [0, 0.05) is 32.8 Å². The number of halogens is 1. The summed E-state index contributed by atoms with van der Waals surface area (Å²) in [6.07, 6.45) is -0.317. The molecule has 0 aliphatic rings. The highest BCUT2D eigenvalue weighted by Crippen LogP contribution is 2.24. The van der Waals surface area contributed by atoms with Crippen LogP contribution in [0.15, 0.2) is 11.4 Å². The van der Waals surface area contributed by atoms with Gasteiger partial charge in [0.25, 0.3) is 0 Å². The predicted octanol–water partition coefficient (Wildman–Crippen LogP) is 3.94. The molecule has 0 saturated carbocycles. The van der Waals surface area contributed by atoms with Crippen molar-refractivity contribution in [2.45, 2.75) is 39.3 Å².